The van der Waals surface area contributed by atoms with E-state index in [4.69, 9.17) is 4.98 Å². The molecule has 1 N–H and O–H groups in total. The highest BCUT2D eigenvalue weighted by molar-refractivity contribution is 5.97. The summed E-state index contributed by atoms with van der Waals surface area (Å²) in [5.41, 5.74) is 6.85. The fourth-order valence-electron chi connectivity index (χ4n) is 2.76. The van der Waals surface area contributed by atoms with Gasteiger partial charge in [-0.2, -0.15) is 0 Å². The van der Waals surface area contributed by atoms with Crippen LogP contribution in [0.2, 0.25) is 0 Å². The SMILES string of the molecule is Cc1ccc(-c2ccc3ccc4c(c3n2)NCC=C4)cc1. The molecule has 4 rings (SSSR count). The van der Waals surface area contributed by atoms with Crippen molar-refractivity contribution < 1.29 is 0 Å². The van der Waals surface area contributed by atoms with E-state index in [1.54, 1.807) is 0 Å². The number of aryl methyl sites for hydroxylation is 1. The van der Waals surface area contributed by atoms with Crippen molar-refractivity contribution in [1.29, 1.82) is 0 Å². The first kappa shape index (κ1) is 12.2. The van der Waals surface area contributed by atoms with E-state index in [2.05, 4.69) is 72.9 Å². The molecule has 0 radical (unpaired) electrons. The lowest BCUT2D eigenvalue weighted by atomic mass is 10.0. The molecular formula is C19H16N2. The summed E-state index contributed by atoms with van der Waals surface area (Å²) < 4.78 is 0. The van der Waals surface area contributed by atoms with Gasteiger partial charge in [-0.1, -0.05) is 60.2 Å². The molecule has 0 aliphatic carbocycles. The van der Waals surface area contributed by atoms with Crippen LogP contribution in [0, 0.1) is 6.92 Å². The van der Waals surface area contributed by atoms with E-state index in [1.807, 2.05) is 0 Å². The van der Waals surface area contributed by atoms with Crippen LogP contribution in [0.1, 0.15) is 11.1 Å². The van der Waals surface area contributed by atoms with E-state index in [9.17, 15) is 0 Å². The van der Waals surface area contributed by atoms with Crippen LogP contribution in [0.25, 0.3) is 28.2 Å². The standard InChI is InChI=1S/C19H16N2/c1-13-4-6-14(7-5-13)17-11-10-16-9-8-15-3-2-12-20-18(15)19(16)21-17/h2-11,20H,12H2,1H3. The van der Waals surface area contributed by atoms with E-state index in [1.165, 1.54) is 16.5 Å². The number of pyridine rings is 1. The molecule has 0 bridgehead atoms. The van der Waals surface area contributed by atoms with Gasteiger partial charge in [-0.15, -0.1) is 0 Å². The van der Waals surface area contributed by atoms with Crippen molar-refractivity contribution in [3.8, 4) is 11.3 Å². The van der Waals surface area contributed by atoms with Gasteiger partial charge < -0.3 is 5.32 Å². The number of fused-ring (bicyclic) bond motifs is 3. The number of nitrogens with zero attached hydrogens (tertiary/aromatic N) is 1. The normalized spacial score (nSPS) is 13.0. The summed E-state index contributed by atoms with van der Waals surface area (Å²) >= 11 is 0. The Morgan fingerprint density at radius 2 is 1.76 bits per heavy atom. The van der Waals surface area contributed by atoms with Crippen molar-refractivity contribution in [3.63, 3.8) is 0 Å². The Labute approximate surface area is 124 Å². The molecule has 1 aliphatic heterocycles. The monoisotopic (exact) mass is 272 g/mol. The first-order valence-corrected chi connectivity index (χ1v) is 7.22. The van der Waals surface area contributed by atoms with Crippen LogP contribution in [0.4, 0.5) is 5.69 Å². The van der Waals surface area contributed by atoms with Crippen LogP contribution in [0.15, 0.2) is 54.6 Å². The zero-order chi connectivity index (χ0) is 14.2. The first-order valence-electron chi connectivity index (χ1n) is 7.22. The predicted octanol–water partition coefficient (Wildman–Crippen LogP) is 4.65. The Balaban J connectivity index is 1.92. The van der Waals surface area contributed by atoms with E-state index >= 15 is 0 Å². The van der Waals surface area contributed by atoms with Crippen molar-refractivity contribution in [2.75, 3.05) is 11.9 Å². The number of aromatic nitrogens is 1. The Morgan fingerprint density at radius 1 is 0.952 bits per heavy atom. The number of nitrogens with one attached hydrogen (secondary N) is 1. The zero-order valence-electron chi connectivity index (χ0n) is 11.9. The molecule has 2 nitrogen and oxygen atoms in total. The maximum Gasteiger partial charge on any atom is 0.0947 e. The molecular weight excluding hydrogens is 256 g/mol. The molecule has 1 aliphatic rings. The number of hydrogen-bond donors (Lipinski definition) is 1. The molecule has 3 aromatic rings. The molecule has 0 amide bonds. The predicted molar refractivity (Wildman–Crippen MR) is 89.4 cm³/mol. The lowest BCUT2D eigenvalue weighted by Gasteiger charge is -2.15. The molecule has 0 saturated carbocycles. The summed E-state index contributed by atoms with van der Waals surface area (Å²) in [5.74, 6) is 0. The summed E-state index contributed by atoms with van der Waals surface area (Å²) in [5, 5.41) is 4.62. The smallest absolute Gasteiger partial charge is 0.0947 e. The highest BCUT2D eigenvalue weighted by atomic mass is 14.9. The molecule has 0 fully saturated rings. The average Bonchev–Trinajstić information content (AvgIpc) is 2.55. The zero-order valence-corrected chi connectivity index (χ0v) is 11.9. The fraction of sp³-hybridized carbons (Fsp3) is 0.105. The molecule has 2 heteroatoms. The average molecular weight is 272 g/mol. The van der Waals surface area contributed by atoms with Crippen LogP contribution >= 0.6 is 0 Å². The number of hydrogen-bond acceptors (Lipinski definition) is 2. The Kier molecular flexibility index (Phi) is 2.74. The molecule has 2 aromatic carbocycles. The summed E-state index contributed by atoms with van der Waals surface area (Å²) in [4.78, 5) is 4.89. The van der Waals surface area contributed by atoms with Crippen molar-refractivity contribution in [3.05, 3.63) is 65.7 Å². The summed E-state index contributed by atoms with van der Waals surface area (Å²) in [6.07, 6.45) is 4.30. The highest BCUT2D eigenvalue weighted by Crippen LogP contribution is 2.31. The molecule has 0 spiro atoms. The van der Waals surface area contributed by atoms with Gasteiger partial charge in [0.15, 0.2) is 0 Å². The van der Waals surface area contributed by atoms with E-state index in [0.717, 1.165) is 29.0 Å². The third-order valence-corrected chi connectivity index (χ3v) is 3.94. The second-order valence-corrected chi connectivity index (χ2v) is 5.45. The van der Waals surface area contributed by atoms with Gasteiger partial charge in [0.2, 0.25) is 0 Å². The Hall–Kier alpha value is -2.61. The third kappa shape index (κ3) is 2.09. The Morgan fingerprint density at radius 3 is 2.62 bits per heavy atom. The summed E-state index contributed by atoms with van der Waals surface area (Å²) in [7, 11) is 0. The van der Waals surface area contributed by atoms with Gasteiger partial charge in [-0.3, -0.25) is 0 Å². The van der Waals surface area contributed by atoms with Gasteiger partial charge in [0.25, 0.3) is 0 Å². The first-order chi connectivity index (χ1) is 10.3. The van der Waals surface area contributed by atoms with Crippen molar-refractivity contribution >= 4 is 22.7 Å². The molecule has 0 atom stereocenters. The van der Waals surface area contributed by atoms with Gasteiger partial charge in [-0.05, 0) is 18.6 Å². The van der Waals surface area contributed by atoms with Crippen molar-refractivity contribution in [2.24, 2.45) is 0 Å². The third-order valence-electron chi connectivity index (χ3n) is 3.94. The summed E-state index contributed by atoms with van der Waals surface area (Å²) in [6.45, 7) is 2.97. The highest BCUT2D eigenvalue weighted by Gasteiger charge is 2.10. The molecule has 1 aromatic heterocycles. The second kappa shape index (κ2) is 4.74. The molecule has 21 heavy (non-hydrogen) atoms. The summed E-state index contributed by atoms with van der Waals surface area (Å²) in [6, 6.07) is 17.0. The fourth-order valence-corrected chi connectivity index (χ4v) is 2.76. The maximum atomic E-state index is 4.89. The van der Waals surface area contributed by atoms with Gasteiger partial charge in [0, 0.05) is 17.5 Å². The van der Waals surface area contributed by atoms with Crippen LogP contribution in [-0.4, -0.2) is 11.5 Å². The Bertz CT molecular complexity index is 845. The van der Waals surface area contributed by atoms with Gasteiger partial charge >= 0.3 is 0 Å². The van der Waals surface area contributed by atoms with Gasteiger partial charge in [-0.25, -0.2) is 4.98 Å². The topological polar surface area (TPSA) is 24.9 Å². The number of anilines is 1. The second-order valence-electron chi connectivity index (χ2n) is 5.45. The maximum absolute atomic E-state index is 4.89. The van der Waals surface area contributed by atoms with Gasteiger partial charge in [0.05, 0.1) is 16.9 Å². The quantitative estimate of drug-likeness (QED) is 0.697. The lowest BCUT2D eigenvalue weighted by Crippen LogP contribution is -2.05. The minimum absolute atomic E-state index is 0.864. The largest absolute Gasteiger partial charge is 0.379 e. The van der Waals surface area contributed by atoms with E-state index in [-0.39, 0.29) is 0 Å². The number of rotatable bonds is 1. The molecule has 0 unspecified atom stereocenters. The van der Waals surface area contributed by atoms with E-state index in [0.29, 0.717) is 0 Å². The van der Waals surface area contributed by atoms with Crippen LogP contribution in [-0.2, 0) is 0 Å². The van der Waals surface area contributed by atoms with Crippen molar-refractivity contribution in [2.45, 2.75) is 6.92 Å². The molecule has 2 heterocycles. The molecule has 102 valence electrons. The molecule has 0 saturated heterocycles. The van der Waals surface area contributed by atoms with E-state index < -0.39 is 0 Å². The van der Waals surface area contributed by atoms with Gasteiger partial charge in [0.1, 0.15) is 0 Å². The number of benzene rings is 2. The van der Waals surface area contributed by atoms with Crippen molar-refractivity contribution in [1.82, 2.24) is 4.98 Å². The minimum atomic E-state index is 0.864. The van der Waals surface area contributed by atoms with Crippen LogP contribution in [0.3, 0.4) is 0 Å². The van der Waals surface area contributed by atoms with Crippen LogP contribution < -0.4 is 5.32 Å². The lowest BCUT2D eigenvalue weighted by molar-refractivity contribution is 1.30. The van der Waals surface area contributed by atoms with Crippen LogP contribution in [0.5, 0.6) is 0 Å². The minimum Gasteiger partial charge on any atom is -0.379 e.